The van der Waals surface area contributed by atoms with Crippen LogP contribution in [0.1, 0.15) is 31.8 Å². The fourth-order valence-electron chi connectivity index (χ4n) is 4.01. The largest absolute Gasteiger partial charge is 0.497 e. The molecule has 1 heterocycles. The number of benzene rings is 3. The monoisotopic (exact) mass is 548 g/mol. The van der Waals surface area contributed by atoms with E-state index in [0.29, 0.717) is 54.6 Å². The molecular weight excluding hydrogens is 516 g/mol. The van der Waals surface area contributed by atoms with Gasteiger partial charge in [0.25, 0.3) is 11.8 Å². The average molecular weight is 549 g/mol. The number of carbonyl (C=O) groups is 2. The molecular formula is C29H32N4O5S. The van der Waals surface area contributed by atoms with Gasteiger partial charge in [-0.25, -0.2) is 5.43 Å². The number of methoxy groups -OCH3 is 1. The smallest absolute Gasteiger partial charge is 0.273 e. The van der Waals surface area contributed by atoms with Gasteiger partial charge in [-0.2, -0.15) is 16.9 Å². The summed E-state index contributed by atoms with van der Waals surface area (Å²) in [4.78, 5) is 28.5. The number of ether oxygens (including phenoxy) is 2. The van der Waals surface area contributed by atoms with Crippen molar-refractivity contribution in [1.29, 1.82) is 0 Å². The number of thioether (sulfide) groups is 1. The standard InChI is InChI=1S/C29H32N4O5S/c1-37-25-8-5-21(6-9-25)19-30-32-29(36)26-18-24(33-11-14-38-15-12-33)7-10-27(26)31-28(35)23-4-2-3-22(17-23)20-39-16-13-34/h2-10,17-19,34H,11-16,20H2,1H3,(H,31,35)(H,32,36). The van der Waals surface area contributed by atoms with Crippen LogP contribution in [0.4, 0.5) is 11.4 Å². The predicted octanol–water partition coefficient (Wildman–Crippen LogP) is 3.77. The minimum absolute atomic E-state index is 0.111. The highest BCUT2D eigenvalue weighted by Crippen LogP contribution is 2.25. The van der Waals surface area contributed by atoms with Crippen molar-refractivity contribution in [3.05, 3.63) is 89.0 Å². The van der Waals surface area contributed by atoms with Crippen LogP contribution >= 0.6 is 11.8 Å². The van der Waals surface area contributed by atoms with Crippen LogP contribution < -0.4 is 20.4 Å². The van der Waals surface area contributed by atoms with Gasteiger partial charge in [-0.3, -0.25) is 9.59 Å². The summed E-state index contributed by atoms with van der Waals surface area (Å²) in [5.74, 6) is 1.28. The molecule has 3 N–H and O–H groups in total. The quantitative estimate of drug-likeness (QED) is 0.190. The first-order chi connectivity index (χ1) is 19.1. The number of hydrogen-bond acceptors (Lipinski definition) is 8. The van der Waals surface area contributed by atoms with Gasteiger partial charge in [0.1, 0.15) is 5.75 Å². The van der Waals surface area contributed by atoms with Crippen molar-refractivity contribution in [3.63, 3.8) is 0 Å². The van der Waals surface area contributed by atoms with Crippen molar-refractivity contribution in [2.45, 2.75) is 5.75 Å². The lowest BCUT2D eigenvalue weighted by Crippen LogP contribution is -2.36. The van der Waals surface area contributed by atoms with Gasteiger partial charge in [-0.05, 0) is 65.7 Å². The van der Waals surface area contributed by atoms with Gasteiger partial charge < -0.3 is 24.8 Å². The second kappa shape index (κ2) is 14.3. The normalized spacial score (nSPS) is 13.3. The molecule has 3 aromatic rings. The van der Waals surface area contributed by atoms with E-state index in [-0.39, 0.29) is 12.5 Å². The Bertz CT molecular complexity index is 1290. The van der Waals surface area contributed by atoms with E-state index in [1.54, 1.807) is 43.3 Å². The maximum absolute atomic E-state index is 13.2. The van der Waals surface area contributed by atoms with Gasteiger partial charge >= 0.3 is 0 Å². The molecule has 39 heavy (non-hydrogen) atoms. The zero-order valence-electron chi connectivity index (χ0n) is 21.8. The number of aliphatic hydroxyl groups excluding tert-OH is 1. The Morgan fingerprint density at radius 1 is 1.08 bits per heavy atom. The van der Waals surface area contributed by atoms with Crippen molar-refractivity contribution in [3.8, 4) is 5.75 Å². The van der Waals surface area contributed by atoms with Crippen LogP contribution in [0.5, 0.6) is 5.75 Å². The van der Waals surface area contributed by atoms with Crippen LogP contribution in [-0.2, 0) is 10.5 Å². The lowest BCUT2D eigenvalue weighted by Gasteiger charge is -2.29. The van der Waals surface area contributed by atoms with E-state index in [0.717, 1.165) is 22.6 Å². The summed E-state index contributed by atoms with van der Waals surface area (Å²) >= 11 is 1.59. The maximum Gasteiger partial charge on any atom is 0.273 e. The number of nitrogens with one attached hydrogen (secondary N) is 2. The molecule has 0 atom stereocenters. The summed E-state index contributed by atoms with van der Waals surface area (Å²) in [6, 6.07) is 20.0. The van der Waals surface area contributed by atoms with Crippen LogP contribution in [0.25, 0.3) is 0 Å². The Labute approximate surface area is 232 Å². The number of hydrazone groups is 1. The van der Waals surface area contributed by atoms with E-state index >= 15 is 0 Å². The number of hydrogen-bond donors (Lipinski definition) is 3. The van der Waals surface area contributed by atoms with Crippen molar-refractivity contribution < 1.29 is 24.2 Å². The zero-order chi connectivity index (χ0) is 27.5. The Morgan fingerprint density at radius 3 is 2.62 bits per heavy atom. The molecule has 1 saturated heterocycles. The number of nitrogens with zero attached hydrogens (tertiary/aromatic N) is 2. The molecule has 0 aliphatic carbocycles. The molecule has 1 fully saturated rings. The van der Waals surface area contributed by atoms with Crippen LogP contribution in [0.2, 0.25) is 0 Å². The second-order valence-electron chi connectivity index (χ2n) is 8.73. The molecule has 0 bridgehead atoms. The van der Waals surface area contributed by atoms with E-state index in [2.05, 4.69) is 20.7 Å². The minimum atomic E-state index is -0.445. The van der Waals surface area contributed by atoms with Crippen molar-refractivity contribution in [2.75, 3.05) is 56.0 Å². The van der Waals surface area contributed by atoms with Gasteiger partial charge in [0.2, 0.25) is 0 Å². The van der Waals surface area contributed by atoms with E-state index in [4.69, 9.17) is 14.6 Å². The number of rotatable bonds is 11. The third-order valence-corrected chi connectivity index (χ3v) is 7.07. The lowest BCUT2D eigenvalue weighted by molar-refractivity contribution is 0.0956. The number of aliphatic hydroxyl groups is 1. The van der Waals surface area contributed by atoms with Crippen molar-refractivity contribution in [2.24, 2.45) is 5.10 Å². The number of amides is 2. The molecule has 204 valence electrons. The predicted molar refractivity (Wildman–Crippen MR) is 155 cm³/mol. The molecule has 1 aliphatic rings. The molecule has 2 amide bonds. The summed E-state index contributed by atoms with van der Waals surface area (Å²) in [5, 5.41) is 16.0. The Kier molecular flexibility index (Phi) is 10.4. The number of carbonyl (C=O) groups excluding carboxylic acids is 2. The maximum atomic E-state index is 13.2. The third kappa shape index (κ3) is 8.06. The van der Waals surface area contributed by atoms with Crippen molar-refractivity contribution in [1.82, 2.24) is 5.43 Å². The van der Waals surface area contributed by atoms with Crippen LogP contribution in [0, 0.1) is 0 Å². The highest BCUT2D eigenvalue weighted by molar-refractivity contribution is 7.98. The first-order valence-corrected chi connectivity index (χ1v) is 13.8. The highest BCUT2D eigenvalue weighted by atomic mass is 32.2. The van der Waals surface area contributed by atoms with Crippen LogP contribution in [0.3, 0.4) is 0 Å². The molecule has 0 radical (unpaired) electrons. The molecule has 0 spiro atoms. The number of morpholine rings is 1. The topological polar surface area (TPSA) is 112 Å². The summed E-state index contributed by atoms with van der Waals surface area (Å²) < 4.78 is 10.6. The molecule has 0 saturated carbocycles. The van der Waals surface area contributed by atoms with Crippen molar-refractivity contribution >= 4 is 41.2 Å². The highest BCUT2D eigenvalue weighted by Gasteiger charge is 2.19. The molecule has 9 nitrogen and oxygen atoms in total. The van der Waals surface area contributed by atoms with E-state index < -0.39 is 5.91 Å². The number of anilines is 2. The first-order valence-electron chi connectivity index (χ1n) is 12.6. The van der Waals surface area contributed by atoms with Gasteiger partial charge in [0.05, 0.1) is 44.4 Å². The fourth-order valence-corrected chi connectivity index (χ4v) is 4.70. The third-order valence-electron chi connectivity index (χ3n) is 6.06. The zero-order valence-corrected chi connectivity index (χ0v) is 22.6. The summed E-state index contributed by atoms with van der Waals surface area (Å²) in [7, 11) is 1.60. The minimum Gasteiger partial charge on any atom is -0.497 e. The second-order valence-corrected chi connectivity index (χ2v) is 9.84. The summed E-state index contributed by atoms with van der Waals surface area (Å²) in [6.07, 6.45) is 1.54. The van der Waals surface area contributed by atoms with Crippen LogP contribution in [-0.4, -0.2) is 68.9 Å². The lowest BCUT2D eigenvalue weighted by atomic mass is 10.1. The Morgan fingerprint density at radius 2 is 1.87 bits per heavy atom. The fraction of sp³-hybridized carbons (Fsp3) is 0.276. The average Bonchev–Trinajstić information content (AvgIpc) is 2.98. The summed E-state index contributed by atoms with van der Waals surface area (Å²) in [6.45, 7) is 2.76. The van der Waals surface area contributed by atoms with E-state index in [1.165, 1.54) is 0 Å². The van der Waals surface area contributed by atoms with Gasteiger partial charge in [-0.1, -0.05) is 12.1 Å². The first kappa shape index (κ1) is 28.2. The van der Waals surface area contributed by atoms with Gasteiger partial charge in [0, 0.05) is 35.8 Å². The van der Waals surface area contributed by atoms with Gasteiger partial charge in [-0.15, -0.1) is 0 Å². The molecule has 0 aromatic heterocycles. The molecule has 3 aromatic carbocycles. The van der Waals surface area contributed by atoms with E-state index in [1.807, 2.05) is 48.5 Å². The van der Waals surface area contributed by atoms with E-state index in [9.17, 15) is 9.59 Å². The van der Waals surface area contributed by atoms with Gasteiger partial charge in [0.15, 0.2) is 0 Å². The van der Waals surface area contributed by atoms with Crippen LogP contribution in [0.15, 0.2) is 71.8 Å². The Hall–Kier alpha value is -3.86. The molecule has 1 aliphatic heterocycles. The summed E-state index contributed by atoms with van der Waals surface area (Å²) in [5.41, 5.74) is 6.39. The SMILES string of the molecule is COc1ccc(C=NNC(=O)c2cc(N3CCOCC3)ccc2NC(=O)c2cccc(CSCCO)c2)cc1. The molecule has 4 rings (SSSR count). The molecule has 0 unspecified atom stereocenters. The Balaban J connectivity index is 1.53. The molecule has 10 heteroatoms.